The van der Waals surface area contributed by atoms with E-state index in [-0.39, 0.29) is 5.78 Å². The van der Waals surface area contributed by atoms with Crippen LogP contribution in [0.4, 0.5) is 5.69 Å². The lowest BCUT2D eigenvalue weighted by Crippen LogP contribution is -2.25. The first-order chi connectivity index (χ1) is 12.2. The molecule has 0 saturated carbocycles. The zero-order chi connectivity index (χ0) is 17.2. The molecule has 0 aromatic heterocycles. The molecule has 0 aliphatic carbocycles. The standard InChI is InChI=1S/C21H15ClN2O/c22-17-13-11-15(12-14-17)19-21(25)20(16-7-3-1-4-8-16)24(23-19)18-9-5-2-6-10-18/h1-14,20H. The van der Waals surface area contributed by atoms with Crippen LogP contribution < -0.4 is 5.01 Å². The van der Waals surface area contributed by atoms with Crippen LogP contribution in [-0.2, 0) is 4.79 Å². The summed E-state index contributed by atoms with van der Waals surface area (Å²) in [7, 11) is 0. The van der Waals surface area contributed by atoms with Gasteiger partial charge < -0.3 is 0 Å². The molecule has 0 radical (unpaired) electrons. The van der Waals surface area contributed by atoms with E-state index < -0.39 is 6.04 Å². The van der Waals surface area contributed by atoms with Crippen LogP contribution in [0.5, 0.6) is 0 Å². The molecule has 3 aromatic rings. The number of ketones is 1. The first kappa shape index (κ1) is 15.6. The third kappa shape index (κ3) is 2.94. The highest BCUT2D eigenvalue weighted by molar-refractivity contribution is 6.49. The highest BCUT2D eigenvalue weighted by Gasteiger charge is 2.38. The molecule has 1 unspecified atom stereocenters. The van der Waals surface area contributed by atoms with Crippen molar-refractivity contribution >= 4 is 28.8 Å². The van der Waals surface area contributed by atoms with Crippen molar-refractivity contribution < 1.29 is 4.79 Å². The number of nitrogens with zero attached hydrogens (tertiary/aromatic N) is 2. The SMILES string of the molecule is O=C1C(c2ccc(Cl)cc2)=NN(c2ccccc2)C1c1ccccc1. The van der Waals surface area contributed by atoms with E-state index in [4.69, 9.17) is 11.6 Å². The Morgan fingerprint density at radius 1 is 0.800 bits per heavy atom. The maximum Gasteiger partial charge on any atom is 0.212 e. The molecule has 1 aliphatic heterocycles. The van der Waals surface area contributed by atoms with Crippen LogP contribution in [0, 0.1) is 0 Å². The van der Waals surface area contributed by atoms with Gasteiger partial charge in [-0.3, -0.25) is 4.79 Å². The summed E-state index contributed by atoms with van der Waals surface area (Å²) in [4.78, 5) is 13.2. The first-order valence-electron chi connectivity index (χ1n) is 8.02. The molecule has 0 spiro atoms. The normalized spacial score (nSPS) is 16.8. The summed E-state index contributed by atoms with van der Waals surface area (Å²) in [5.74, 6) is -0.0163. The van der Waals surface area contributed by atoms with Crippen molar-refractivity contribution in [3.63, 3.8) is 0 Å². The average Bonchev–Trinajstić information content (AvgIpc) is 3.01. The number of benzene rings is 3. The number of para-hydroxylation sites is 1. The fourth-order valence-corrected chi connectivity index (χ4v) is 3.10. The second kappa shape index (κ2) is 6.54. The van der Waals surface area contributed by atoms with Gasteiger partial charge in [0.05, 0.1) is 5.69 Å². The second-order valence-corrected chi connectivity index (χ2v) is 6.25. The zero-order valence-corrected chi connectivity index (χ0v) is 14.1. The molecule has 0 bridgehead atoms. The third-order valence-corrected chi connectivity index (χ3v) is 4.44. The van der Waals surface area contributed by atoms with Crippen molar-refractivity contribution in [2.75, 3.05) is 5.01 Å². The van der Waals surface area contributed by atoms with Crippen LogP contribution in [0.1, 0.15) is 17.2 Å². The van der Waals surface area contributed by atoms with E-state index in [0.29, 0.717) is 10.7 Å². The molecule has 0 N–H and O–H groups in total. The number of hydrazone groups is 1. The van der Waals surface area contributed by atoms with Crippen LogP contribution >= 0.6 is 11.6 Å². The number of rotatable bonds is 3. The molecule has 3 aromatic carbocycles. The Kier molecular flexibility index (Phi) is 4.08. The van der Waals surface area contributed by atoms with Crippen LogP contribution in [0.2, 0.25) is 5.02 Å². The van der Waals surface area contributed by atoms with Crippen molar-refractivity contribution in [2.45, 2.75) is 6.04 Å². The van der Waals surface area contributed by atoms with Gasteiger partial charge in [-0.1, -0.05) is 72.3 Å². The number of carbonyl (C=O) groups is 1. The number of halogens is 1. The van der Waals surface area contributed by atoms with Crippen LogP contribution in [0.3, 0.4) is 0 Å². The first-order valence-corrected chi connectivity index (χ1v) is 8.40. The van der Waals surface area contributed by atoms with Gasteiger partial charge in [-0.25, -0.2) is 5.01 Å². The zero-order valence-electron chi connectivity index (χ0n) is 13.3. The predicted octanol–water partition coefficient (Wildman–Crippen LogP) is 4.87. The molecule has 25 heavy (non-hydrogen) atoms. The average molecular weight is 347 g/mol. The maximum absolute atomic E-state index is 13.2. The molecule has 0 saturated heterocycles. The van der Waals surface area contributed by atoms with E-state index in [1.54, 1.807) is 17.1 Å². The van der Waals surface area contributed by atoms with E-state index in [1.165, 1.54) is 0 Å². The molecule has 0 fully saturated rings. The largest absolute Gasteiger partial charge is 0.289 e. The summed E-state index contributed by atoms with van der Waals surface area (Å²) in [6.07, 6.45) is 0. The number of carbonyl (C=O) groups excluding carboxylic acids is 1. The Bertz CT molecular complexity index is 921. The smallest absolute Gasteiger partial charge is 0.212 e. The van der Waals surface area contributed by atoms with Gasteiger partial charge in [-0.2, -0.15) is 5.10 Å². The van der Waals surface area contributed by atoms with E-state index in [1.807, 2.05) is 72.8 Å². The molecule has 4 heteroatoms. The topological polar surface area (TPSA) is 32.7 Å². The quantitative estimate of drug-likeness (QED) is 0.677. The van der Waals surface area contributed by atoms with E-state index >= 15 is 0 Å². The van der Waals surface area contributed by atoms with Crippen LogP contribution in [-0.4, -0.2) is 11.5 Å². The van der Waals surface area contributed by atoms with Crippen molar-refractivity contribution in [3.05, 3.63) is 101 Å². The van der Waals surface area contributed by atoms with Crippen molar-refractivity contribution in [1.82, 2.24) is 0 Å². The summed E-state index contributed by atoms with van der Waals surface area (Å²) in [6.45, 7) is 0. The van der Waals surface area contributed by atoms with Gasteiger partial charge in [-0.15, -0.1) is 0 Å². The van der Waals surface area contributed by atoms with Gasteiger partial charge in [0.15, 0.2) is 0 Å². The summed E-state index contributed by atoms with van der Waals surface area (Å²) < 4.78 is 0. The molecule has 0 amide bonds. The lowest BCUT2D eigenvalue weighted by atomic mass is 9.97. The fraction of sp³-hybridized carbons (Fsp3) is 0.0476. The number of hydrogen-bond donors (Lipinski definition) is 0. The molecular weight excluding hydrogens is 332 g/mol. The minimum Gasteiger partial charge on any atom is -0.289 e. The van der Waals surface area contributed by atoms with E-state index in [9.17, 15) is 4.79 Å². The lowest BCUT2D eigenvalue weighted by molar-refractivity contribution is -0.113. The Balaban J connectivity index is 1.81. The molecule has 3 nitrogen and oxygen atoms in total. The summed E-state index contributed by atoms with van der Waals surface area (Å²) in [5, 5.41) is 7.08. The highest BCUT2D eigenvalue weighted by atomic mass is 35.5. The summed E-state index contributed by atoms with van der Waals surface area (Å²) >= 11 is 5.97. The maximum atomic E-state index is 13.2. The lowest BCUT2D eigenvalue weighted by Gasteiger charge is -2.22. The van der Waals surface area contributed by atoms with Gasteiger partial charge in [0.2, 0.25) is 5.78 Å². The van der Waals surface area contributed by atoms with Crippen LogP contribution in [0.25, 0.3) is 0 Å². The van der Waals surface area contributed by atoms with Crippen molar-refractivity contribution in [2.24, 2.45) is 5.10 Å². The number of Topliss-reactive ketones (excluding diaryl/α,β-unsaturated/α-hetero) is 1. The van der Waals surface area contributed by atoms with Crippen molar-refractivity contribution in [3.8, 4) is 0 Å². The van der Waals surface area contributed by atoms with E-state index in [0.717, 1.165) is 16.8 Å². The highest BCUT2D eigenvalue weighted by Crippen LogP contribution is 2.34. The predicted molar refractivity (Wildman–Crippen MR) is 101 cm³/mol. The van der Waals surface area contributed by atoms with Gasteiger partial charge in [-0.05, 0) is 29.8 Å². The minimum atomic E-state index is -0.464. The van der Waals surface area contributed by atoms with E-state index in [2.05, 4.69) is 5.10 Å². The van der Waals surface area contributed by atoms with Gasteiger partial charge in [0.25, 0.3) is 0 Å². The van der Waals surface area contributed by atoms with Gasteiger partial charge >= 0.3 is 0 Å². The third-order valence-electron chi connectivity index (χ3n) is 4.19. The second-order valence-electron chi connectivity index (χ2n) is 5.81. The number of anilines is 1. The van der Waals surface area contributed by atoms with Crippen molar-refractivity contribution in [1.29, 1.82) is 0 Å². The molecule has 1 aliphatic rings. The Hall–Kier alpha value is -2.91. The molecule has 4 rings (SSSR count). The molecule has 1 heterocycles. The molecular formula is C21H15ClN2O. The van der Waals surface area contributed by atoms with Gasteiger partial charge in [0, 0.05) is 10.6 Å². The Morgan fingerprint density at radius 3 is 2.04 bits per heavy atom. The summed E-state index contributed by atoms with van der Waals surface area (Å²) in [6, 6.07) is 26.2. The number of hydrogen-bond acceptors (Lipinski definition) is 3. The summed E-state index contributed by atoms with van der Waals surface area (Å²) in [5.41, 5.74) is 3.03. The Morgan fingerprint density at radius 2 is 1.40 bits per heavy atom. The molecule has 1 atom stereocenters. The van der Waals surface area contributed by atoms with Gasteiger partial charge in [0.1, 0.15) is 11.8 Å². The monoisotopic (exact) mass is 346 g/mol. The molecule has 122 valence electrons. The minimum absolute atomic E-state index is 0.0163. The van der Waals surface area contributed by atoms with Crippen LogP contribution in [0.15, 0.2) is 90.0 Å². The fourth-order valence-electron chi connectivity index (χ4n) is 2.98. The Labute approximate surface area is 151 Å².